The minimum atomic E-state index is -0.352. The smallest absolute Gasteiger partial charge is 0.143 e. The van der Waals surface area contributed by atoms with Crippen LogP contribution in [0.4, 0.5) is 4.39 Å². The summed E-state index contributed by atoms with van der Waals surface area (Å²) in [6.45, 7) is 8.25. The van der Waals surface area contributed by atoms with Gasteiger partial charge in [0.1, 0.15) is 5.82 Å². The summed E-state index contributed by atoms with van der Waals surface area (Å²) in [5.41, 5.74) is 2.59. The predicted molar refractivity (Wildman–Crippen MR) is 64.8 cm³/mol. The molecule has 17 heavy (non-hydrogen) atoms. The van der Waals surface area contributed by atoms with Crippen LogP contribution in [0.15, 0.2) is 24.5 Å². The Morgan fingerprint density at radius 2 is 1.88 bits per heavy atom. The predicted octanol–water partition coefficient (Wildman–Crippen LogP) is 3.01. The number of halogens is 1. The van der Waals surface area contributed by atoms with Gasteiger partial charge < -0.3 is 0 Å². The van der Waals surface area contributed by atoms with E-state index in [0.29, 0.717) is 5.69 Å². The summed E-state index contributed by atoms with van der Waals surface area (Å²) in [7, 11) is 0. The number of pyridine rings is 1. The minimum absolute atomic E-state index is 0.0171. The first-order chi connectivity index (χ1) is 7.88. The topological polar surface area (TPSA) is 30.7 Å². The maximum Gasteiger partial charge on any atom is 0.143 e. The monoisotopic (exact) mass is 233 g/mol. The van der Waals surface area contributed by atoms with Gasteiger partial charge in [-0.05, 0) is 13.0 Å². The van der Waals surface area contributed by atoms with Crippen molar-refractivity contribution >= 4 is 0 Å². The van der Waals surface area contributed by atoms with E-state index < -0.39 is 0 Å². The average Bonchev–Trinajstić information content (AvgIpc) is 2.60. The lowest BCUT2D eigenvalue weighted by Crippen LogP contribution is -2.12. The highest BCUT2D eigenvalue weighted by Gasteiger charge is 2.19. The van der Waals surface area contributed by atoms with Gasteiger partial charge in [-0.1, -0.05) is 20.8 Å². The fourth-order valence-corrected chi connectivity index (χ4v) is 1.62. The standard InChI is InChI=1S/C13H16FN3/c1-9-5-12(13(2,3)4)16-17(9)11-6-10(14)7-15-8-11/h5-8H,1-4H3. The molecular formula is C13H16FN3. The van der Waals surface area contributed by atoms with Crippen LogP contribution in [0.25, 0.3) is 5.69 Å². The maximum absolute atomic E-state index is 13.1. The molecule has 0 radical (unpaired) electrons. The van der Waals surface area contributed by atoms with E-state index in [1.807, 2.05) is 13.0 Å². The van der Waals surface area contributed by atoms with E-state index in [9.17, 15) is 4.39 Å². The lowest BCUT2D eigenvalue weighted by Gasteiger charge is -2.14. The molecule has 0 saturated carbocycles. The van der Waals surface area contributed by atoms with Crippen molar-refractivity contribution in [2.45, 2.75) is 33.1 Å². The van der Waals surface area contributed by atoms with Gasteiger partial charge in [0.2, 0.25) is 0 Å². The highest BCUT2D eigenvalue weighted by atomic mass is 19.1. The van der Waals surface area contributed by atoms with Crippen LogP contribution in [0.1, 0.15) is 32.2 Å². The van der Waals surface area contributed by atoms with Crippen LogP contribution in [0.3, 0.4) is 0 Å². The second kappa shape index (κ2) is 3.95. The summed E-state index contributed by atoms with van der Waals surface area (Å²) < 4.78 is 14.8. The highest BCUT2D eigenvalue weighted by Crippen LogP contribution is 2.23. The molecule has 2 aromatic rings. The van der Waals surface area contributed by atoms with E-state index in [0.717, 1.165) is 11.4 Å². The van der Waals surface area contributed by atoms with Gasteiger partial charge in [0.25, 0.3) is 0 Å². The second-order valence-corrected chi connectivity index (χ2v) is 5.19. The van der Waals surface area contributed by atoms with Gasteiger partial charge in [-0.15, -0.1) is 0 Å². The molecule has 90 valence electrons. The third-order valence-corrected chi connectivity index (χ3v) is 2.59. The zero-order valence-electron chi connectivity index (χ0n) is 10.5. The van der Waals surface area contributed by atoms with Crippen LogP contribution in [0.5, 0.6) is 0 Å². The summed E-state index contributed by atoms with van der Waals surface area (Å²) in [4.78, 5) is 3.84. The first kappa shape index (κ1) is 11.8. The average molecular weight is 233 g/mol. The molecule has 4 heteroatoms. The number of rotatable bonds is 1. The quantitative estimate of drug-likeness (QED) is 0.758. The Labute approximate surface area is 100 Å². The molecule has 0 bridgehead atoms. The summed E-state index contributed by atoms with van der Waals surface area (Å²) in [5.74, 6) is -0.352. The normalized spacial score (nSPS) is 11.8. The molecule has 0 aliphatic rings. The van der Waals surface area contributed by atoms with Gasteiger partial charge in [0.15, 0.2) is 0 Å². The summed E-state index contributed by atoms with van der Waals surface area (Å²) in [5, 5.41) is 4.50. The summed E-state index contributed by atoms with van der Waals surface area (Å²) in [6, 6.07) is 3.45. The molecular weight excluding hydrogens is 217 g/mol. The molecule has 0 N–H and O–H groups in total. The summed E-state index contributed by atoms with van der Waals surface area (Å²) in [6.07, 6.45) is 2.79. The molecule has 2 rings (SSSR count). The van der Waals surface area contributed by atoms with Crippen LogP contribution in [-0.4, -0.2) is 14.8 Å². The third-order valence-electron chi connectivity index (χ3n) is 2.59. The first-order valence-corrected chi connectivity index (χ1v) is 5.56. The van der Waals surface area contributed by atoms with Crippen LogP contribution < -0.4 is 0 Å². The highest BCUT2D eigenvalue weighted by molar-refractivity contribution is 5.31. The van der Waals surface area contributed by atoms with Crippen LogP contribution in [0, 0.1) is 12.7 Å². The van der Waals surface area contributed by atoms with Crippen molar-refractivity contribution in [2.24, 2.45) is 0 Å². The fourth-order valence-electron chi connectivity index (χ4n) is 1.62. The number of aryl methyl sites for hydroxylation is 1. The van der Waals surface area contributed by atoms with Gasteiger partial charge >= 0.3 is 0 Å². The minimum Gasteiger partial charge on any atom is -0.259 e. The van der Waals surface area contributed by atoms with Crippen molar-refractivity contribution in [3.8, 4) is 5.69 Å². The van der Waals surface area contributed by atoms with Crippen molar-refractivity contribution in [1.29, 1.82) is 0 Å². The van der Waals surface area contributed by atoms with E-state index in [1.54, 1.807) is 10.9 Å². The second-order valence-electron chi connectivity index (χ2n) is 5.19. The maximum atomic E-state index is 13.1. The van der Waals surface area contributed by atoms with Crippen molar-refractivity contribution in [1.82, 2.24) is 14.8 Å². The lowest BCUT2D eigenvalue weighted by atomic mass is 9.92. The van der Waals surface area contributed by atoms with E-state index >= 15 is 0 Å². The Kier molecular flexibility index (Phi) is 2.73. The first-order valence-electron chi connectivity index (χ1n) is 5.56. The van der Waals surface area contributed by atoms with Crippen molar-refractivity contribution in [3.05, 3.63) is 41.7 Å². The zero-order valence-corrected chi connectivity index (χ0v) is 10.5. The molecule has 0 amide bonds. The Hall–Kier alpha value is -1.71. The molecule has 0 spiro atoms. The Balaban J connectivity index is 2.50. The third kappa shape index (κ3) is 2.35. The number of hydrogen-bond acceptors (Lipinski definition) is 2. The largest absolute Gasteiger partial charge is 0.259 e. The van der Waals surface area contributed by atoms with Gasteiger partial charge in [0, 0.05) is 17.2 Å². The molecule has 0 unspecified atom stereocenters. The Bertz CT molecular complexity index is 538. The van der Waals surface area contributed by atoms with Crippen LogP contribution >= 0.6 is 0 Å². The lowest BCUT2D eigenvalue weighted by molar-refractivity contribution is 0.559. The van der Waals surface area contributed by atoms with Gasteiger partial charge in [0.05, 0.1) is 23.8 Å². The Morgan fingerprint density at radius 1 is 1.18 bits per heavy atom. The van der Waals surface area contributed by atoms with Crippen molar-refractivity contribution in [3.63, 3.8) is 0 Å². The number of nitrogens with zero attached hydrogens (tertiary/aromatic N) is 3. The van der Waals surface area contributed by atoms with Crippen LogP contribution in [-0.2, 0) is 5.41 Å². The Morgan fingerprint density at radius 3 is 2.41 bits per heavy atom. The van der Waals surface area contributed by atoms with E-state index in [-0.39, 0.29) is 11.2 Å². The van der Waals surface area contributed by atoms with E-state index in [1.165, 1.54) is 12.3 Å². The molecule has 0 atom stereocenters. The van der Waals surface area contributed by atoms with Crippen molar-refractivity contribution < 1.29 is 4.39 Å². The molecule has 0 fully saturated rings. The summed E-state index contributed by atoms with van der Waals surface area (Å²) >= 11 is 0. The molecule has 0 saturated heterocycles. The van der Waals surface area contributed by atoms with Gasteiger partial charge in [-0.25, -0.2) is 9.07 Å². The van der Waals surface area contributed by atoms with E-state index in [2.05, 4.69) is 30.9 Å². The number of hydrogen-bond donors (Lipinski definition) is 0. The van der Waals surface area contributed by atoms with Crippen molar-refractivity contribution in [2.75, 3.05) is 0 Å². The molecule has 3 nitrogen and oxygen atoms in total. The van der Waals surface area contributed by atoms with Gasteiger partial charge in [-0.3, -0.25) is 4.98 Å². The van der Waals surface area contributed by atoms with Crippen LogP contribution in [0.2, 0.25) is 0 Å². The van der Waals surface area contributed by atoms with E-state index in [4.69, 9.17) is 0 Å². The SMILES string of the molecule is Cc1cc(C(C)(C)C)nn1-c1cncc(F)c1. The molecule has 0 aromatic carbocycles. The van der Waals surface area contributed by atoms with Gasteiger partial charge in [-0.2, -0.15) is 5.10 Å². The number of aromatic nitrogens is 3. The zero-order chi connectivity index (χ0) is 12.6. The molecule has 2 aromatic heterocycles. The molecule has 2 heterocycles. The fraction of sp³-hybridized carbons (Fsp3) is 0.385. The molecule has 0 aliphatic heterocycles. The molecule has 0 aliphatic carbocycles.